The molecule has 0 bridgehead atoms. The van der Waals surface area contributed by atoms with E-state index in [9.17, 15) is 0 Å². The summed E-state index contributed by atoms with van der Waals surface area (Å²) in [5.41, 5.74) is 16.3. The first-order chi connectivity index (χ1) is 15.7. The lowest BCUT2D eigenvalue weighted by Crippen LogP contribution is -2.23. The summed E-state index contributed by atoms with van der Waals surface area (Å²) in [6, 6.07) is 15.0. The van der Waals surface area contributed by atoms with Gasteiger partial charge in [-0.1, -0.05) is 38.1 Å². The van der Waals surface area contributed by atoms with Crippen LogP contribution in [0.5, 0.6) is 0 Å². The van der Waals surface area contributed by atoms with Gasteiger partial charge < -0.3 is 15.5 Å². The van der Waals surface area contributed by atoms with Crippen LogP contribution in [-0.4, -0.2) is 33.4 Å². The minimum absolute atomic E-state index is 0.161. The number of nitrogens with two attached hydrogens (primary N) is 1. The Balaban J connectivity index is 1.87. The number of hydrogen-bond acceptors (Lipinski definition) is 4. The fraction of sp³-hybridized carbons (Fsp3) is 0.276. The molecule has 0 aromatic heterocycles. The van der Waals surface area contributed by atoms with Crippen LogP contribution in [0, 0.1) is 0 Å². The normalized spacial score (nSPS) is 17.5. The molecular formula is C29H34N4. The number of nitrogen functional groups attached to an aromatic ring is 1. The van der Waals surface area contributed by atoms with Gasteiger partial charge >= 0.3 is 0 Å². The lowest BCUT2D eigenvalue weighted by atomic mass is 9.82. The number of aliphatic imine (C=N–C) groups is 1. The predicted molar refractivity (Wildman–Crippen MR) is 144 cm³/mol. The van der Waals surface area contributed by atoms with Gasteiger partial charge in [0.05, 0.1) is 5.71 Å². The van der Waals surface area contributed by atoms with Crippen molar-refractivity contribution in [2.24, 2.45) is 4.99 Å². The Kier molecular flexibility index (Phi) is 6.03. The Morgan fingerprint density at radius 1 is 1.03 bits per heavy atom. The van der Waals surface area contributed by atoms with Crippen LogP contribution in [0.2, 0.25) is 0 Å². The number of benzene rings is 2. The highest BCUT2D eigenvalue weighted by Crippen LogP contribution is 2.48. The van der Waals surface area contributed by atoms with Crippen LogP contribution in [0.1, 0.15) is 31.9 Å². The second kappa shape index (κ2) is 8.78. The standard InChI is InChI=1S/C29H34N4/c1-7-31-23-13-8-20(9-14-23)25(21-10-15-24(16-11-21)32(4)5)19-28-29(2,3)26-18-22(30)12-17-27(26)33(28)6/h8-19H,7,30H2,1-6H3. The summed E-state index contributed by atoms with van der Waals surface area (Å²) in [5, 5.41) is 0. The Morgan fingerprint density at radius 2 is 1.70 bits per heavy atom. The smallest absolute Gasteiger partial charge is 0.0574 e. The summed E-state index contributed by atoms with van der Waals surface area (Å²) >= 11 is 0. The molecule has 0 atom stereocenters. The largest absolute Gasteiger partial charge is 0.399 e. The zero-order valence-corrected chi connectivity index (χ0v) is 20.6. The predicted octanol–water partition coefficient (Wildman–Crippen LogP) is 5.99. The van der Waals surface area contributed by atoms with Gasteiger partial charge in [0.2, 0.25) is 0 Å². The highest BCUT2D eigenvalue weighted by molar-refractivity contribution is 6.07. The average molecular weight is 439 g/mol. The van der Waals surface area contributed by atoms with E-state index < -0.39 is 0 Å². The first-order valence-electron chi connectivity index (χ1n) is 11.5. The summed E-state index contributed by atoms with van der Waals surface area (Å²) in [7, 11) is 6.28. The molecule has 2 aromatic carbocycles. The van der Waals surface area contributed by atoms with Gasteiger partial charge in [0.15, 0.2) is 0 Å². The molecule has 0 radical (unpaired) electrons. The van der Waals surface area contributed by atoms with Crippen molar-refractivity contribution in [3.05, 3.63) is 95.2 Å². The van der Waals surface area contributed by atoms with Gasteiger partial charge in [-0.2, -0.15) is 0 Å². The number of hydrogen-bond donors (Lipinski definition) is 1. The second-order valence-corrected chi connectivity index (χ2v) is 9.37. The maximum absolute atomic E-state index is 6.15. The molecule has 4 nitrogen and oxygen atoms in total. The van der Waals surface area contributed by atoms with Gasteiger partial charge in [-0.05, 0) is 77.8 Å². The number of fused-ring (bicyclic) bond motifs is 1. The first-order valence-corrected chi connectivity index (χ1v) is 11.5. The van der Waals surface area contributed by atoms with Gasteiger partial charge in [-0.25, -0.2) is 0 Å². The van der Waals surface area contributed by atoms with E-state index in [0.717, 1.165) is 17.9 Å². The molecule has 0 spiro atoms. The average Bonchev–Trinajstić information content (AvgIpc) is 2.98. The molecule has 170 valence electrons. The molecule has 1 aliphatic heterocycles. The van der Waals surface area contributed by atoms with E-state index in [-0.39, 0.29) is 5.41 Å². The molecule has 0 saturated heterocycles. The minimum atomic E-state index is -0.161. The van der Waals surface area contributed by atoms with Crippen molar-refractivity contribution in [1.82, 2.24) is 0 Å². The van der Waals surface area contributed by atoms with Crippen LogP contribution in [0.4, 0.5) is 17.1 Å². The molecule has 2 aliphatic rings. The van der Waals surface area contributed by atoms with Crippen LogP contribution >= 0.6 is 0 Å². The molecular weight excluding hydrogens is 404 g/mol. The van der Waals surface area contributed by atoms with E-state index in [1.807, 2.05) is 6.07 Å². The molecule has 0 fully saturated rings. The zero-order chi connectivity index (χ0) is 23.8. The second-order valence-electron chi connectivity index (χ2n) is 9.37. The van der Waals surface area contributed by atoms with E-state index in [0.29, 0.717) is 0 Å². The summed E-state index contributed by atoms with van der Waals surface area (Å²) < 4.78 is 0. The number of rotatable bonds is 4. The van der Waals surface area contributed by atoms with Crippen molar-refractivity contribution in [3.63, 3.8) is 0 Å². The Morgan fingerprint density at radius 3 is 2.30 bits per heavy atom. The lowest BCUT2D eigenvalue weighted by molar-refractivity contribution is 0.641. The van der Waals surface area contributed by atoms with Gasteiger partial charge in [0, 0.05) is 55.9 Å². The monoisotopic (exact) mass is 438 g/mol. The Bertz CT molecular complexity index is 1190. The topological polar surface area (TPSA) is 44.9 Å². The van der Waals surface area contributed by atoms with Crippen molar-refractivity contribution in [2.75, 3.05) is 43.2 Å². The highest BCUT2D eigenvalue weighted by Gasteiger charge is 2.38. The quantitative estimate of drug-likeness (QED) is 0.597. The number of anilines is 3. The maximum Gasteiger partial charge on any atom is 0.0574 e. The van der Waals surface area contributed by atoms with Crippen molar-refractivity contribution in [2.45, 2.75) is 26.2 Å². The fourth-order valence-corrected chi connectivity index (χ4v) is 4.65. The van der Waals surface area contributed by atoms with Crippen LogP contribution in [-0.2, 0) is 5.41 Å². The van der Waals surface area contributed by atoms with Crippen molar-refractivity contribution in [3.8, 4) is 0 Å². The van der Waals surface area contributed by atoms with Crippen LogP contribution in [0.15, 0.2) is 89.1 Å². The van der Waals surface area contributed by atoms with E-state index in [1.165, 1.54) is 39.3 Å². The van der Waals surface area contributed by atoms with Crippen LogP contribution < -0.4 is 15.5 Å². The van der Waals surface area contributed by atoms with Gasteiger partial charge in [-0.15, -0.1) is 0 Å². The molecule has 2 N–H and O–H groups in total. The molecule has 0 saturated carbocycles. The highest BCUT2D eigenvalue weighted by atomic mass is 15.2. The summed E-state index contributed by atoms with van der Waals surface area (Å²) in [6.07, 6.45) is 10.9. The summed E-state index contributed by atoms with van der Waals surface area (Å²) in [5.74, 6) is 0. The van der Waals surface area contributed by atoms with Crippen molar-refractivity contribution < 1.29 is 0 Å². The summed E-state index contributed by atoms with van der Waals surface area (Å²) in [4.78, 5) is 8.95. The third-order valence-corrected chi connectivity index (χ3v) is 6.55. The third-order valence-electron chi connectivity index (χ3n) is 6.55. The molecule has 4 rings (SSSR count). The molecule has 0 amide bonds. The number of likely N-dealkylation sites (N-methyl/N-ethyl adjacent to an activating group) is 1. The third kappa shape index (κ3) is 4.25. The first kappa shape index (κ1) is 22.7. The maximum atomic E-state index is 6.15. The van der Waals surface area contributed by atoms with Crippen LogP contribution in [0.25, 0.3) is 5.57 Å². The van der Waals surface area contributed by atoms with Gasteiger partial charge in [0.1, 0.15) is 0 Å². The van der Waals surface area contributed by atoms with Crippen molar-refractivity contribution >= 4 is 28.3 Å². The van der Waals surface area contributed by atoms with Crippen molar-refractivity contribution in [1.29, 1.82) is 0 Å². The Labute approximate surface area is 198 Å². The Hall–Kier alpha value is -3.53. The molecule has 4 heteroatoms. The van der Waals surface area contributed by atoms with E-state index in [1.54, 1.807) is 0 Å². The van der Waals surface area contributed by atoms with Gasteiger partial charge in [0.25, 0.3) is 0 Å². The molecule has 1 heterocycles. The van der Waals surface area contributed by atoms with Gasteiger partial charge in [-0.3, -0.25) is 4.99 Å². The molecule has 1 aliphatic carbocycles. The van der Waals surface area contributed by atoms with E-state index in [2.05, 4.69) is 123 Å². The lowest BCUT2D eigenvalue weighted by Gasteiger charge is -2.25. The SMILES string of the molecule is CCN=C1C=CC(=C(C=C2N(C)c3ccc(N)cc3C2(C)C)c2ccc(N(C)C)cc2)C=C1. The zero-order valence-electron chi connectivity index (χ0n) is 20.6. The minimum Gasteiger partial charge on any atom is -0.399 e. The van der Waals surface area contributed by atoms with Crippen LogP contribution in [0.3, 0.4) is 0 Å². The number of nitrogens with zero attached hydrogens (tertiary/aromatic N) is 3. The number of allylic oxidation sites excluding steroid dienone is 8. The fourth-order valence-electron chi connectivity index (χ4n) is 4.65. The summed E-state index contributed by atoms with van der Waals surface area (Å²) in [6.45, 7) is 7.39. The van der Waals surface area contributed by atoms with E-state index >= 15 is 0 Å². The van der Waals surface area contributed by atoms with E-state index in [4.69, 9.17) is 5.73 Å². The molecule has 0 unspecified atom stereocenters. The molecule has 33 heavy (non-hydrogen) atoms. The molecule has 2 aromatic rings.